The molecule has 0 amide bonds. The molecule has 0 atom stereocenters. The van der Waals surface area contributed by atoms with Crippen LogP contribution >= 0.6 is 0 Å². The summed E-state index contributed by atoms with van der Waals surface area (Å²) >= 11 is 0. The van der Waals surface area contributed by atoms with Gasteiger partial charge in [0.25, 0.3) is 0 Å². The molecule has 2 nitrogen and oxygen atoms in total. The van der Waals surface area contributed by atoms with Crippen LogP contribution in [0.2, 0.25) is 0 Å². The van der Waals surface area contributed by atoms with Crippen molar-refractivity contribution in [3.05, 3.63) is 95.1 Å². The molecule has 5 rings (SSSR count). The van der Waals surface area contributed by atoms with Gasteiger partial charge in [-0.3, -0.25) is 0 Å². The summed E-state index contributed by atoms with van der Waals surface area (Å²) in [4.78, 5) is 0. The molecule has 4 aromatic rings. The molecular formula is C27H22O2. The zero-order valence-electron chi connectivity index (χ0n) is 16.5. The van der Waals surface area contributed by atoms with E-state index in [1.54, 1.807) is 12.1 Å². The SMILES string of the molecule is Cc1ccc(-c2ccc3c(c2-c2ccc(C)cc2O)Cc2ccccc2-3)c(O)c1. The molecule has 0 bridgehead atoms. The summed E-state index contributed by atoms with van der Waals surface area (Å²) in [6.45, 7) is 3.94. The maximum absolute atomic E-state index is 10.8. The third-order valence-electron chi connectivity index (χ3n) is 5.85. The number of aromatic hydroxyl groups is 2. The van der Waals surface area contributed by atoms with Crippen LogP contribution in [0.4, 0.5) is 0 Å². The first-order chi connectivity index (χ1) is 14.0. The molecule has 2 heteroatoms. The fourth-order valence-electron chi connectivity index (χ4n) is 4.47. The van der Waals surface area contributed by atoms with Crippen LogP contribution in [0.1, 0.15) is 22.3 Å². The Hall–Kier alpha value is -3.52. The molecule has 0 heterocycles. The molecule has 0 unspecified atom stereocenters. The van der Waals surface area contributed by atoms with Gasteiger partial charge in [0.1, 0.15) is 11.5 Å². The summed E-state index contributed by atoms with van der Waals surface area (Å²) < 4.78 is 0. The van der Waals surface area contributed by atoms with Gasteiger partial charge in [-0.25, -0.2) is 0 Å². The highest BCUT2D eigenvalue weighted by Crippen LogP contribution is 2.49. The highest BCUT2D eigenvalue weighted by atomic mass is 16.3. The molecular weight excluding hydrogens is 356 g/mol. The molecule has 4 aromatic carbocycles. The Morgan fingerprint density at radius 1 is 0.586 bits per heavy atom. The maximum atomic E-state index is 10.8. The number of phenolic OH excluding ortho intramolecular Hbond substituents is 2. The molecule has 1 aliphatic carbocycles. The highest BCUT2D eigenvalue weighted by molar-refractivity contribution is 5.96. The Labute approximate surface area is 170 Å². The molecule has 0 aromatic heterocycles. The van der Waals surface area contributed by atoms with Gasteiger partial charge >= 0.3 is 0 Å². The third-order valence-corrected chi connectivity index (χ3v) is 5.85. The minimum absolute atomic E-state index is 0.258. The van der Waals surface area contributed by atoms with E-state index in [0.29, 0.717) is 0 Å². The van der Waals surface area contributed by atoms with Crippen LogP contribution in [0.25, 0.3) is 33.4 Å². The average molecular weight is 378 g/mol. The first-order valence-electron chi connectivity index (χ1n) is 9.87. The predicted octanol–water partition coefficient (Wildman–Crippen LogP) is 6.62. The second kappa shape index (κ2) is 6.52. The maximum Gasteiger partial charge on any atom is 0.123 e. The van der Waals surface area contributed by atoms with E-state index in [9.17, 15) is 10.2 Å². The molecule has 29 heavy (non-hydrogen) atoms. The van der Waals surface area contributed by atoms with Crippen molar-refractivity contribution in [1.82, 2.24) is 0 Å². The monoisotopic (exact) mass is 378 g/mol. The van der Waals surface area contributed by atoms with Gasteiger partial charge in [0.15, 0.2) is 0 Å². The lowest BCUT2D eigenvalue weighted by molar-refractivity contribution is 0.475. The second-order valence-corrected chi connectivity index (χ2v) is 7.89. The molecule has 0 radical (unpaired) electrons. The van der Waals surface area contributed by atoms with Crippen LogP contribution in [-0.4, -0.2) is 10.2 Å². The number of hydrogen-bond acceptors (Lipinski definition) is 2. The summed E-state index contributed by atoms with van der Waals surface area (Å²) in [5, 5.41) is 21.5. The van der Waals surface area contributed by atoms with E-state index in [1.807, 2.05) is 38.1 Å². The lowest BCUT2D eigenvalue weighted by atomic mass is 9.86. The van der Waals surface area contributed by atoms with Crippen LogP contribution in [-0.2, 0) is 6.42 Å². The van der Waals surface area contributed by atoms with Gasteiger partial charge in [-0.05, 0) is 76.9 Å². The lowest BCUT2D eigenvalue weighted by Gasteiger charge is -2.18. The van der Waals surface area contributed by atoms with Gasteiger partial charge in [0, 0.05) is 11.1 Å². The van der Waals surface area contributed by atoms with Crippen molar-refractivity contribution < 1.29 is 10.2 Å². The summed E-state index contributed by atoms with van der Waals surface area (Å²) in [6, 6.07) is 24.2. The Balaban J connectivity index is 1.84. The van der Waals surface area contributed by atoms with E-state index < -0.39 is 0 Å². The van der Waals surface area contributed by atoms with Crippen molar-refractivity contribution in [1.29, 1.82) is 0 Å². The Morgan fingerprint density at radius 2 is 1.17 bits per heavy atom. The van der Waals surface area contributed by atoms with E-state index in [-0.39, 0.29) is 11.5 Å². The van der Waals surface area contributed by atoms with Gasteiger partial charge in [0.2, 0.25) is 0 Å². The predicted molar refractivity (Wildman–Crippen MR) is 118 cm³/mol. The molecule has 0 spiro atoms. The molecule has 0 aliphatic heterocycles. The van der Waals surface area contributed by atoms with Crippen LogP contribution in [0, 0.1) is 13.8 Å². The van der Waals surface area contributed by atoms with Gasteiger partial charge in [-0.15, -0.1) is 0 Å². The van der Waals surface area contributed by atoms with E-state index in [2.05, 4.69) is 36.4 Å². The number of aryl methyl sites for hydroxylation is 2. The van der Waals surface area contributed by atoms with Crippen LogP contribution in [0.15, 0.2) is 72.8 Å². The van der Waals surface area contributed by atoms with Gasteiger partial charge in [-0.2, -0.15) is 0 Å². The van der Waals surface area contributed by atoms with Gasteiger partial charge in [-0.1, -0.05) is 60.7 Å². The summed E-state index contributed by atoms with van der Waals surface area (Å²) in [6.07, 6.45) is 0.814. The van der Waals surface area contributed by atoms with Crippen LogP contribution in [0.5, 0.6) is 11.5 Å². The van der Waals surface area contributed by atoms with Crippen LogP contribution in [0.3, 0.4) is 0 Å². The molecule has 0 fully saturated rings. The summed E-state index contributed by atoms with van der Waals surface area (Å²) in [5.74, 6) is 0.524. The van der Waals surface area contributed by atoms with Crippen molar-refractivity contribution in [2.75, 3.05) is 0 Å². The van der Waals surface area contributed by atoms with Crippen LogP contribution < -0.4 is 0 Å². The third kappa shape index (κ3) is 2.80. The topological polar surface area (TPSA) is 40.5 Å². The number of hydrogen-bond donors (Lipinski definition) is 2. The zero-order chi connectivity index (χ0) is 20.1. The largest absolute Gasteiger partial charge is 0.507 e. The lowest BCUT2D eigenvalue weighted by Crippen LogP contribution is -1.94. The van der Waals surface area contributed by atoms with E-state index in [0.717, 1.165) is 39.8 Å². The van der Waals surface area contributed by atoms with E-state index >= 15 is 0 Å². The Bertz CT molecular complexity index is 1270. The molecule has 0 saturated heterocycles. The minimum Gasteiger partial charge on any atom is -0.507 e. The fraction of sp³-hybridized carbons (Fsp3) is 0.111. The minimum atomic E-state index is 0.258. The first-order valence-corrected chi connectivity index (χ1v) is 9.87. The molecule has 2 N–H and O–H groups in total. The molecule has 1 aliphatic rings. The number of benzene rings is 4. The normalized spacial score (nSPS) is 11.9. The van der Waals surface area contributed by atoms with E-state index in [4.69, 9.17) is 0 Å². The zero-order valence-corrected chi connectivity index (χ0v) is 16.5. The fourth-order valence-corrected chi connectivity index (χ4v) is 4.47. The molecule has 142 valence electrons. The van der Waals surface area contributed by atoms with Crippen molar-refractivity contribution >= 4 is 0 Å². The first kappa shape index (κ1) is 17.6. The Morgan fingerprint density at radius 3 is 1.86 bits per heavy atom. The quantitative estimate of drug-likeness (QED) is 0.362. The summed E-state index contributed by atoms with van der Waals surface area (Å²) in [7, 11) is 0. The average Bonchev–Trinajstić information content (AvgIpc) is 3.07. The second-order valence-electron chi connectivity index (χ2n) is 7.89. The van der Waals surface area contributed by atoms with Crippen molar-refractivity contribution in [2.24, 2.45) is 0 Å². The Kier molecular flexibility index (Phi) is 3.95. The molecule has 0 saturated carbocycles. The van der Waals surface area contributed by atoms with E-state index in [1.165, 1.54) is 22.3 Å². The number of fused-ring (bicyclic) bond motifs is 3. The van der Waals surface area contributed by atoms with Crippen molar-refractivity contribution in [2.45, 2.75) is 20.3 Å². The highest BCUT2D eigenvalue weighted by Gasteiger charge is 2.26. The van der Waals surface area contributed by atoms with Crippen molar-refractivity contribution in [3.8, 4) is 44.9 Å². The standard InChI is InChI=1S/C27H22O2/c1-16-7-9-21(25(28)13-16)22-12-11-20-19-6-4-3-5-18(19)15-24(20)27(22)23-10-8-17(2)14-26(23)29/h3-14,28-29H,15H2,1-2H3. The van der Waals surface area contributed by atoms with Crippen molar-refractivity contribution in [3.63, 3.8) is 0 Å². The smallest absolute Gasteiger partial charge is 0.123 e. The number of phenols is 2. The van der Waals surface area contributed by atoms with Gasteiger partial charge < -0.3 is 10.2 Å². The van der Waals surface area contributed by atoms with Gasteiger partial charge in [0.05, 0.1) is 0 Å². The number of rotatable bonds is 2. The summed E-state index contributed by atoms with van der Waals surface area (Å²) in [5.41, 5.74) is 10.5.